The van der Waals surface area contributed by atoms with Gasteiger partial charge in [0.25, 0.3) is 0 Å². The molecule has 0 N–H and O–H groups in total. The predicted octanol–water partition coefficient (Wildman–Crippen LogP) is 10.3. The molecule has 0 aliphatic heterocycles. The van der Waals surface area contributed by atoms with Crippen molar-refractivity contribution in [1.29, 1.82) is 0 Å². The van der Waals surface area contributed by atoms with Crippen molar-refractivity contribution in [3.05, 3.63) is 12.2 Å². The molecule has 1 aliphatic carbocycles. The molecule has 1 aliphatic rings. The SMILES string of the molecule is C1=CCCCCCCCCCCCCCCCCCCCCCCCCC1. The summed E-state index contributed by atoms with van der Waals surface area (Å²) in [6.07, 6.45) is 41.5. The van der Waals surface area contributed by atoms with Crippen molar-refractivity contribution in [2.75, 3.05) is 0 Å². The molecule has 0 heteroatoms. The molecule has 0 heterocycles. The Morgan fingerprint density at radius 1 is 0.185 bits per heavy atom. The molecule has 0 amide bonds. The van der Waals surface area contributed by atoms with Crippen molar-refractivity contribution < 1.29 is 0 Å². The van der Waals surface area contributed by atoms with Crippen LogP contribution in [0.5, 0.6) is 0 Å². The zero-order chi connectivity index (χ0) is 19.1. The second kappa shape index (κ2) is 22.0. The zero-order valence-electron chi connectivity index (χ0n) is 18.8. The Morgan fingerprint density at radius 2 is 0.333 bits per heavy atom. The van der Waals surface area contributed by atoms with Crippen LogP contribution in [0.1, 0.15) is 161 Å². The van der Waals surface area contributed by atoms with Crippen molar-refractivity contribution in [3.8, 4) is 0 Å². The Bertz CT molecular complexity index is 262. The van der Waals surface area contributed by atoms with Gasteiger partial charge in [-0.25, -0.2) is 0 Å². The van der Waals surface area contributed by atoms with E-state index in [1.54, 1.807) is 0 Å². The Labute approximate surface area is 173 Å². The van der Waals surface area contributed by atoms with Gasteiger partial charge in [0.2, 0.25) is 0 Å². The first-order chi connectivity index (χ1) is 13.5. The molecule has 160 valence electrons. The fourth-order valence-corrected chi connectivity index (χ4v) is 4.47. The van der Waals surface area contributed by atoms with E-state index < -0.39 is 0 Å². The molecule has 0 saturated carbocycles. The van der Waals surface area contributed by atoms with Crippen molar-refractivity contribution in [1.82, 2.24) is 0 Å². The second-order valence-electron chi connectivity index (χ2n) is 9.18. The number of allylic oxidation sites excluding steroid dienone is 2. The van der Waals surface area contributed by atoms with Crippen LogP contribution in [0.2, 0.25) is 0 Å². The predicted molar refractivity (Wildman–Crippen MR) is 125 cm³/mol. The van der Waals surface area contributed by atoms with Crippen LogP contribution in [0.3, 0.4) is 0 Å². The molecule has 0 spiro atoms. The molecule has 0 unspecified atom stereocenters. The molecular weight excluding hydrogens is 324 g/mol. The van der Waals surface area contributed by atoms with Crippen LogP contribution in [0, 0.1) is 0 Å². The lowest BCUT2D eigenvalue weighted by Crippen LogP contribution is -1.84. The highest BCUT2D eigenvalue weighted by Crippen LogP contribution is 2.16. The summed E-state index contributed by atoms with van der Waals surface area (Å²) < 4.78 is 0. The van der Waals surface area contributed by atoms with E-state index in [2.05, 4.69) is 12.2 Å². The first-order valence-electron chi connectivity index (χ1n) is 13.1. The summed E-state index contributed by atoms with van der Waals surface area (Å²) >= 11 is 0. The molecule has 27 heavy (non-hydrogen) atoms. The molecule has 0 aromatic carbocycles. The zero-order valence-corrected chi connectivity index (χ0v) is 18.8. The van der Waals surface area contributed by atoms with Crippen LogP contribution >= 0.6 is 0 Å². The summed E-state index contributed by atoms with van der Waals surface area (Å²) in [6.45, 7) is 0. The van der Waals surface area contributed by atoms with Crippen molar-refractivity contribution in [2.45, 2.75) is 161 Å². The lowest BCUT2D eigenvalue weighted by Gasteiger charge is -2.04. The normalized spacial score (nSPS) is 23.4. The summed E-state index contributed by atoms with van der Waals surface area (Å²) in [6, 6.07) is 0. The average Bonchev–Trinajstić information content (AvgIpc) is 2.68. The van der Waals surface area contributed by atoms with Crippen LogP contribution in [-0.2, 0) is 0 Å². The molecule has 0 radical (unpaired) electrons. The largest absolute Gasteiger partial charge is 0.0885 e. The van der Waals surface area contributed by atoms with Crippen LogP contribution < -0.4 is 0 Å². The van der Waals surface area contributed by atoms with Gasteiger partial charge < -0.3 is 0 Å². The van der Waals surface area contributed by atoms with E-state index in [9.17, 15) is 0 Å². The number of rotatable bonds is 0. The van der Waals surface area contributed by atoms with Gasteiger partial charge in [0.1, 0.15) is 0 Å². The van der Waals surface area contributed by atoms with Crippen LogP contribution in [0.15, 0.2) is 12.2 Å². The van der Waals surface area contributed by atoms with E-state index in [1.165, 1.54) is 161 Å². The lowest BCUT2D eigenvalue weighted by atomic mass is 10.0. The molecule has 0 fully saturated rings. The first kappa shape index (κ1) is 24.8. The lowest BCUT2D eigenvalue weighted by molar-refractivity contribution is 0.518. The highest BCUT2D eigenvalue weighted by atomic mass is 14.0. The quantitative estimate of drug-likeness (QED) is 0.369. The van der Waals surface area contributed by atoms with Gasteiger partial charge in [-0.2, -0.15) is 0 Å². The molecule has 0 bridgehead atoms. The standard InChI is InChI=1S/C27H52/c1-2-4-6-8-10-12-14-16-18-20-22-24-26-27-25-23-21-19-17-15-13-11-9-7-5-3-1/h1-2H,3-27H2. The third-order valence-corrected chi connectivity index (χ3v) is 6.41. The van der Waals surface area contributed by atoms with Gasteiger partial charge in [0.05, 0.1) is 0 Å². The van der Waals surface area contributed by atoms with Gasteiger partial charge in [-0.15, -0.1) is 0 Å². The van der Waals surface area contributed by atoms with Gasteiger partial charge in [0.15, 0.2) is 0 Å². The van der Waals surface area contributed by atoms with E-state index in [0.717, 1.165) is 0 Å². The Balaban J connectivity index is 2.04. The number of hydrogen-bond acceptors (Lipinski definition) is 0. The molecule has 0 nitrogen and oxygen atoms in total. The summed E-state index contributed by atoms with van der Waals surface area (Å²) in [5.74, 6) is 0. The Kier molecular flexibility index (Phi) is 20.2. The summed E-state index contributed by atoms with van der Waals surface area (Å²) in [5, 5.41) is 0. The monoisotopic (exact) mass is 376 g/mol. The van der Waals surface area contributed by atoms with Crippen LogP contribution in [-0.4, -0.2) is 0 Å². The maximum absolute atomic E-state index is 2.45. The third-order valence-electron chi connectivity index (χ3n) is 6.41. The third kappa shape index (κ3) is 20.3. The molecule has 0 aromatic rings. The summed E-state index contributed by atoms with van der Waals surface area (Å²) in [7, 11) is 0. The Hall–Kier alpha value is -0.260. The van der Waals surface area contributed by atoms with Crippen LogP contribution in [0.4, 0.5) is 0 Å². The minimum Gasteiger partial charge on any atom is -0.0885 e. The fourth-order valence-electron chi connectivity index (χ4n) is 4.47. The van der Waals surface area contributed by atoms with Gasteiger partial charge in [-0.1, -0.05) is 147 Å². The van der Waals surface area contributed by atoms with Gasteiger partial charge in [0, 0.05) is 0 Å². The number of hydrogen-bond donors (Lipinski definition) is 0. The molecule has 0 aromatic heterocycles. The van der Waals surface area contributed by atoms with E-state index in [0.29, 0.717) is 0 Å². The molecule has 0 atom stereocenters. The van der Waals surface area contributed by atoms with E-state index in [4.69, 9.17) is 0 Å². The van der Waals surface area contributed by atoms with Crippen molar-refractivity contribution >= 4 is 0 Å². The van der Waals surface area contributed by atoms with Crippen molar-refractivity contribution in [3.63, 3.8) is 0 Å². The van der Waals surface area contributed by atoms with E-state index in [-0.39, 0.29) is 0 Å². The summed E-state index contributed by atoms with van der Waals surface area (Å²) in [5.41, 5.74) is 0. The first-order valence-corrected chi connectivity index (χ1v) is 13.1. The second-order valence-corrected chi connectivity index (χ2v) is 9.18. The minimum absolute atomic E-state index is 1.32. The maximum Gasteiger partial charge on any atom is -0.0351 e. The van der Waals surface area contributed by atoms with E-state index in [1.807, 2.05) is 0 Å². The summed E-state index contributed by atoms with van der Waals surface area (Å²) in [4.78, 5) is 0. The van der Waals surface area contributed by atoms with Crippen molar-refractivity contribution in [2.24, 2.45) is 0 Å². The highest BCUT2D eigenvalue weighted by molar-refractivity contribution is 4.81. The molecule has 1 rings (SSSR count). The Morgan fingerprint density at radius 3 is 0.519 bits per heavy atom. The highest BCUT2D eigenvalue weighted by Gasteiger charge is 1.96. The fraction of sp³-hybridized carbons (Fsp3) is 0.926. The average molecular weight is 377 g/mol. The van der Waals surface area contributed by atoms with E-state index >= 15 is 0 Å². The topological polar surface area (TPSA) is 0 Å². The van der Waals surface area contributed by atoms with Crippen LogP contribution in [0.25, 0.3) is 0 Å². The van der Waals surface area contributed by atoms with Gasteiger partial charge >= 0.3 is 0 Å². The molecular formula is C27H52. The molecule has 0 saturated heterocycles. The minimum atomic E-state index is 1.32. The van der Waals surface area contributed by atoms with Gasteiger partial charge in [-0.3, -0.25) is 0 Å². The maximum atomic E-state index is 2.45. The van der Waals surface area contributed by atoms with Gasteiger partial charge in [-0.05, 0) is 25.7 Å². The smallest absolute Gasteiger partial charge is 0.0351 e.